The monoisotopic (exact) mass is 384 g/mol. The number of piperidine rings is 1. The summed E-state index contributed by atoms with van der Waals surface area (Å²) in [6.07, 6.45) is 4.07. The molecule has 1 aliphatic rings. The van der Waals surface area contributed by atoms with Gasteiger partial charge in [0.25, 0.3) is 0 Å². The molecule has 1 heterocycles. The number of carbonyl (C=O) groups excluding carboxylic acids is 1. The predicted molar refractivity (Wildman–Crippen MR) is 107 cm³/mol. The van der Waals surface area contributed by atoms with Crippen LogP contribution < -0.4 is 9.47 Å². The molecule has 5 nitrogen and oxygen atoms in total. The number of unbranched alkanes of at least 4 members (excludes halogenated alkanes) is 1. The Bertz CT molecular complexity index is 560. The van der Waals surface area contributed by atoms with Gasteiger partial charge in [0.05, 0.1) is 14.2 Å². The number of carbonyl (C=O) groups is 1. The van der Waals surface area contributed by atoms with E-state index in [0.29, 0.717) is 5.91 Å². The van der Waals surface area contributed by atoms with Gasteiger partial charge in [0.2, 0.25) is 5.91 Å². The van der Waals surface area contributed by atoms with Crippen LogP contribution in [0, 0.1) is 5.92 Å². The van der Waals surface area contributed by atoms with Crippen LogP contribution in [-0.2, 0) is 11.3 Å². The molecule has 6 heteroatoms. The van der Waals surface area contributed by atoms with Crippen molar-refractivity contribution >= 4 is 18.3 Å². The van der Waals surface area contributed by atoms with E-state index in [0.717, 1.165) is 68.9 Å². The van der Waals surface area contributed by atoms with Crippen LogP contribution in [0.4, 0.5) is 0 Å². The molecular weight excluding hydrogens is 352 g/mol. The molecule has 0 bridgehead atoms. The summed E-state index contributed by atoms with van der Waals surface area (Å²) in [7, 11) is 5.31. The Hall–Kier alpha value is -1.46. The second-order valence-electron chi connectivity index (χ2n) is 6.84. The molecule has 26 heavy (non-hydrogen) atoms. The lowest BCUT2D eigenvalue weighted by Crippen LogP contribution is -2.41. The third-order valence-corrected chi connectivity index (χ3v) is 5.04. The maximum absolute atomic E-state index is 12.5. The smallest absolute Gasteiger partial charge is 0.225 e. The third kappa shape index (κ3) is 6.06. The van der Waals surface area contributed by atoms with Crippen LogP contribution in [0.15, 0.2) is 18.2 Å². The molecule has 0 aromatic heterocycles. The van der Waals surface area contributed by atoms with E-state index >= 15 is 0 Å². The van der Waals surface area contributed by atoms with E-state index in [2.05, 4.69) is 11.8 Å². The lowest BCUT2D eigenvalue weighted by Gasteiger charge is -2.33. The van der Waals surface area contributed by atoms with Crippen molar-refractivity contribution in [1.29, 1.82) is 0 Å². The van der Waals surface area contributed by atoms with Gasteiger partial charge in [-0.2, -0.15) is 0 Å². The Morgan fingerprint density at radius 3 is 2.50 bits per heavy atom. The minimum Gasteiger partial charge on any atom is -0.497 e. The molecule has 0 atom stereocenters. The van der Waals surface area contributed by atoms with Crippen molar-refractivity contribution in [2.45, 2.75) is 39.2 Å². The number of amides is 1. The normalized spacial score (nSPS) is 15.2. The van der Waals surface area contributed by atoms with E-state index in [4.69, 9.17) is 9.47 Å². The molecule has 0 aliphatic carbocycles. The largest absolute Gasteiger partial charge is 0.497 e. The number of nitrogens with zero attached hydrogens (tertiary/aromatic N) is 2. The van der Waals surface area contributed by atoms with Crippen LogP contribution in [0.3, 0.4) is 0 Å². The number of rotatable bonds is 8. The first-order valence-electron chi connectivity index (χ1n) is 9.27. The molecule has 1 aromatic carbocycles. The fourth-order valence-electron chi connectivity index (χ4n) is 3.40. The lowest BCUT2D eigenvalue weighted by atomic mass is 9.95. The van der Waals surface area contributed by atoms with Crippen LogP contribution in [0.5, 0.6) is 11.5 Å². The highest BCUT2D eigenvalue weighted by Gasteiger charge is 2.27. The van der Waals surface area contributed by atoms with Crippen molar-refractivity contribution < 1.29 is 14.3 Å². The molecule has 1 amide bonds. The van der Waals surface area contributed by atoms with Gasteiger partial charge in [0.15, 0.2) is 0 Å². The average molecular weight is 385 g/mol. The number of likely N-dealkylation sites (tertiary alicyclic amines) is 1. The first-order valence-corrected chi connectivity index (χ1v) is 9.27. The third-order valence-electron chi connectivity index (χ3n) is 5.04. The Morgan fingerprint density at radius 2 is 1.92 bits per heavy atom. The van der Waals surface area contributed by atoms with E-state index in [1.165, 1.54) is 0 Å². The summed E-state index contributed by atoms with van der Waals surface area (Å²) in [5.74, 6) is 2.22. The molecule has 1 aromatic rings. The molecule has 0 unspecified atom stereocenters. The van der Waals surface area contributed by atoms with Crippen LogP contribution in [0.2, 0.25) is 0 Å². The summed E-state index contributed by atoms with van der Waals surface area (Å²) < 4.78 is 10.8. The van der Waals surface area contributed by atoms with E-state index in [9.17, 15) is 4.79 Å². The summed E-state index contributed by atoms with van der Waals surface area (Å²) in [6, 6.07) is 5.90. The molecule has 1 saturated heterocycles. The van der Waals surface area contributed by atoms with E-state index < -0.39 is 0 Å². The molecule has 1 fully saturated rings. The highest BCUT2D eigenvalue weighted by atomic mass is 35.5. The maximum atomic E-state index is 12.5. The lowest BCUT2D eigenvalue weighted by molar-refractivity contribution is -0.135. The molecule has 0 saturated carbocycles. The van der Waals surface area contributed by atoms with Gasteiger partial charge in [-0.1, -0.05) is 13.3 Å². The molecule has 148 valence electrons. The predicted octanol–water partition coefficient (Wildman–Crippen LogP) is 3.60. The Kier molecular flexibility index (Phi) is 9.81. The second-order valence-corrected chi connectivity index (χ2v) is 6.84. The van der Waals surface area contributed by atoms with Gasteiger partial charge >= 0.3 is 0 Å². The molecule has 0 radical (unpaired) electrons. The van der Waals surface area contributed by atoms with Crippen molar-refractivity contribution in [1.82, 2.24) is 9.80 Å². The van der Waals surface area contributed by atoms with Gasteiger partial charge < -0.3 is 14.4 Å². The first kappa shape index (κ1) is 22.6. The number of methoxy groups -OCH3 is 2. The van der Waals surface area contributed by atoms with E-state index in [1.807, 2.05) is 30.1 Å². The summed E-state index contributed by atoms with van der Waals surface area (Å²) in [4.78, 5) is 16.8. The van der Waals surface area contributed by atoms with Gasteiger partial charge in [-0.05, 0) is 50.6 Å². The minimum atomic E-state index is 0. The van der Waals surface area contributed by atoms with Crippen molar-refractivity contribution in [2.24, 2.45) is 5.92 Å². The number of ether oxygens (including phenoxy) is 2. The van der Waals surface area contributed by atoms with Gasteiger partial charge in [-0.15, -0.1) is 12.4 Å². The number of halogens is 1. The van der Waals surface area contributed by atoms with Gasteiger partial charge in [0.1, 0.15) is 11.5 Å². The number of hydrogen-bond donors (Lipinski definition) is 0. The summed E-state index contributed by atoms with van der Waals surface area (Å²) in [6.45, 7) is 5.74. The molecule has 1 aliphatic heterocycles. The average Bonchev–Trinajstić information content (AvgIpc) is 2.66. The number of hydrogen-bond acceptors (Lipinski definition) is 4. The van der Waals surface area contributed by atoms with Crippen molar-refractivity contribution in [3.05, 3.63) is 23.8 Å². The summed E-state index contributed by atoms with van der Waals surface area (Å²) in [5.41, 5.74) is 1.13. The SMILES string of the molecule is CCCCN(C)C(=O)C1CCN(Cc2cc(OC)ccc2OC)CC1.Cl. The van der Waals surface area contributed by atoms with Crippen LogP contribution in [-0.4, -0.2) is 56.6 Å². The molecule has 0 N–H and O–H groups in total. The van der Waals surface area contributed by atoms with Crippen molar-refractivity contribution in [2.75, 3.05) is 40.9 Å². The van der Waals surface area contributed by atoms with E-state index in [-0.39, 0.29) is 18.3 Å². The zero-order valence-electron chi connectivity index (χ0n) is 16.5. The van der Waals surface area contributed by atoms with Crippen LogP contribution >= 0.6 is 12.4 Å². The Morgan fingerprint density at radius 1 is 1.23 bits per heavy atom. The van der Waals surface area contributed by atoms with E-state index in [1.54, 1.807) is 14.2 Å². The fourth-order valence-corrected chi connectivity index (χ4v) is 3.40. The van der Waals surface area contributed by atoms with Crippen molar-refractivity contribution in [3.63, 3.8) is 0 Å². The Labute approximate surface area is 164 Å². The zero-order chi connectivity index (χ0) is 18.2. The highest BCUT2D eigenvalue weighted by Crippen LogP contribution is 2.27. The Balaban J connectivity index is 0.00000338. The first-order chi connectivity index (χ1) is 12.1. The molecular formula is C20H33ClN2O3. The topological polar surface area (TPSA) is 42.0 Å². The van der Waals surface area contributed by atoms with Crippen LogP contribution in [0.25, 0.3) is 0 Å². The molecule has 0 spiro atoms. The number of benzene rings is 1. The van der Waals surface area contributed by atoms with Crippen molar-refractivity contribution in [3.8, 4) is 11.5 Å². The van der Waals surface area contributed by atoms with Gasteiger partial charge in [0, 0.05) is 31.6 Å². The van der Waals surface area contributed by atoms with Gasteiger partial charge in [-0.3, -0.25) is 9.69 Å². The second kappa shape index (κ2) is 11.3. The quantitative estimate of drug-likeness (QED) is 0.686. The highest BCUT2D eigenvalue weighted by molar-refractivity contribution is 5.85. The molecule has 2 rings (SSSR count). The summed E-state index contributed by atoms with van der Waals surface area (Å²) >= 11 is 0. The standard InChI is InChI=1S/C20H32N2O3.ClH/c1-5-6-11-21(2)20(23)16-9-12-22(13-10-16)15-17-14-18(24-3)7-8-19(17)25-4;/h7-8,14,16H,5-6,9-13,15H2,1-4H3;1H. The van der Waals surface area contributed by atoms with Gasteiger partial charge in [-0.25, -0.2) is 0 Å². The minimum absolute atomic E-state index is 0. The fraction of sp³-hybridized carbons (Fsp3) is 0.650. The van der Waals surface area contributed by atoms with Crippen LogP contribution in [0.1, 0.15) is 38.2 Å². The zero-order valence-corrected chi connectivity index (χ0v) is 17.3. The maximum Gasteiger partial charge on any atom is 0.225 e. The summed E-state index contributed by atoms with van der Waals surface area (Å²) in [5, 5.41) is 0.